The molecule has 0 aromatic heterocycles. The number of ether oxygens (including phenoxy) is 3. The summed E-state index contributed by atoms with van der Waals surface area (Å²) in [7, 11) is 1.31. The van der Waals surface area contributed by atoms with Gasteiger partial charge in [-0.1, -0.05) is 37.3 Å². The summed E-state index contributed by atoms with van der Waals surface area (Å²) < 4.78 is 15.3. The third-order valence-electron chi connectivity index (χ3n) is 3.87. The van der Waals surface area contributed by atoms with Gasteiger partial charge >= 0.3 is 11.9 Å². The zero-order valence-electron chi connectivity index (χ0n) is 15.8. The van der Waals surface area contributed by atoms with Crippen LogP contribution in [0.5, 0.6) is 5.75 Å². The molecule has 7 nitrogen and oxygen atoms in total. The van der Waals surface area contributed by atoms with Crippen LogP contribution in [0.2, 0.25) is 0 Å². The van der Waals surface area contributed by atoms with E-state index in [9.17, 15) is 14.4 Å². The van der Waals surface area contributed by atoms with E-state index in [4.69, 9.17) is 9.47 Å². The standard InChI is InChI=1S/C21H23NO6/c1-3-18(28-17-7-5-4-6-8-17)21(25)27-14-19(23)22-13-15-9-11-16(12-10-15)20(24)26-2/h4-12,18H,3,13-14H2,1-2H3,(H,22,23)/t18-/m0/s1. The third kappa shape index (κ3) is 6.42. The van der Waals surface area contributed by atoms with Gasteiger partial charge in [0.2, 0.25) is 0 Å². The quantitative estimate of drug-likeness (QED) is 0.667. The maximum atomic E-state index is 12.1. The lowest BCUT2D eigenvalue weighted by Gasteiger charge is -2.16. The van der Waals surface area contributed by atoms with Crippen LogP contribution in [0.3, 0.4) is 0 Å². The second kappa shape index (κ2) is 10.7. The Morgan fingerprint density at radius 1 is 1.00 bits per heavy atom. The van der Waals surface area contributed by atoms with Gasteiger partial charge in [0.1, 0.15) is 5.75 Å². The lowest BCUT2D eigenvalue weighted by atomic mass is 10.1. The first kappa shape index (κ1) is 21.0. The number of carbonyl (C=O) groups excluding carboxylic acids is 3. The Bertz CT molecular complexity index is 788. The van der Waals surface area contributed by atoms with Crippen LogP contribution in [0.15, 0.2) is 54.6 Å². The van der Waals surface area contributed by atoms with Crippen LogP contribution >= 0.6 is 0 Å². The van der Waals surface area contributed by atoms with E-state index in [0.29, 0.717) is 17.7 Å². The van der Waals surface area contributed by atoms with Crippen LogP contribution in [0, 0.1) is 0 Å². The Morgan fingerprint density at radius 2 is 1.68 bits per heavy atom. The van der Waals surface area contributed by atoms with Crippen molar-refractivity contribution in [2.75, 3.05) is 13.7 Å². The molecule has 1 atom stereocenters. The second-order valence-electron chi connectivity index (χ2n) is 5.90. The SMILES string of the molecule is CC[C@H](Oc1ccccc1)C(=O)OCC(=O)NCc1ccc(C(=O)OC)cc1. The van der Waals surface area contributed by atoms with Crippen molar-refractivity contribution < 1.29 is 28.6 Å². The highest BCUT2D eigenvalue weighted by Crippen LogP contribution is 2.13. The Balaban J connectivity index is 1.76. The van der Waals surface area contributed by atoms with Crippen LogP contribution in [-0.2, 0) is 25.6 Å². The van der Waals surface area contributed by atoms with Crippen LogP contribution < -0.4 is 10.1 Å². The minimum atomic E-state index is -0.777. The smallest absolute Gasteiger partial charge is 0.347 e. The Morgan fingerprint density at radius 3 is 2.29 bits per heavy atom. The van der Waals surface area contributed by atoms with E-state index in [1.54, 1.807) is 55.5 Å². The number of rotatable bonds is 9. The molecular weight excluding hydrogens is 362 g/mol. The van der Waals surface area contributed by atoms with Crippen molar-refractivity contribution in [2.45, 2.75) is 26.0 Å². The van der Waals surface area contributed by atoms with Crippen molar-refractivity contribution in [1.29, 1.82) is 0 Å². The fraction of sp³-hybridized carbons (Fsp3) is 0.286. The fourth-order valence-electron chi connectivity index (χ4n) is 2.32. The average Bonchev–Trinajstić information content (AvgIpc) is 2.74. The van der Waals surface area contributed by atoms with Gasteiger partial charge in [0, 0.05) is 6.54 Å². The molecule has 1 amide bonds. The first-order valence-electron chi connectivity index (χ1n) is 8.85. The molecule has 0 aliphatic rings. The third-order valence-corrected chi connectivity index (χ3v) is 3.87. The molecule has 0 radical (unpaired) electrons. The minimum absolute atomic E-state index is 0.246. The summed E-state index contributed by atoms with van der Waals surface area (Å²) in [4.78, 5) is 35.4. The van der Waals surface area contributed by atoms with Crippen LogP contribution in [-0.4, -0.2) is 37.7 Å². The topological polar surface area (TPSA) is 90.9 Å². The molecule has 0 aliphatic carbocycles. The molecule has 2 aromatic carbocycles. The molecule has 7 heteroatoms. The number of amides is 1. The van der Waals surface area contributed by atoms with E-state index < -0.39 is 30.6 Å². The maximum absolute atomic E-state index is 12.1. The molecule has 2 rings (SSSR count). The summed E-state index contributed by atoms with van der Waals surface area (Å²) in [5.41, 5.74) is 1.22. The van der Waals surface area contributed by atoms with Gasteiger partial charge in [0.25, 0.3) is 5.91 Å². The van der Waals surface area contributed by atoms with Crippen molar-refractivity contribution in [3.8, 4) is 5.75 Å². The Kier molecular flexibility index (Phi) is 8.02. The van der Waals surface area contributed by atoms with E-state index >= 15 is 0 Å². The number of para-hydroxylation sites is 1. The first-order chi connectivity index (χ1) is 13.5. The number of carbonyl (C=O) groups is 3. The number of esters is 2. The zero-order valence-corrected chi connectivity index (χ0v) is 15.8. The molecule has 0 heterocycles. The highest BCUT2D eigenvalue weighted by Gasteiger charge is 2.21. The van der Waals surface area contributed by atoms with E-state index in [-0.39, 0.29) is 6.54 Å². The molecule has 0 bridgehead atoms. The molecule has 2 aromatic rings. The summed E-state index contributed by atoms with van der Waals surface area (Å²) in [6.45, 7) is 1.65. The van der Waals surface area contributed by atoms with Gasteiger partial charge in [0.15, 0.2) is 12.7 Å². The fourth-order valence-corrected chi connectivity index (χ4v) is 2.32. The van der Waals surface area contributed by atoms with Crippen LogP contribution in [0.25, 0.3) is 0 Å². The van der Waals surface area contributed by atoms with E-state index in [1.807, 2.05) is 6.07 Å². The van der Waals surface area contributed by atoms with Gasteiger partial charge in [-0.25, -0.2) is 9.59 Å². The predicted octanol–water partition coefficient (Wildman–Crippen LogP) is 2.49. The normalized spacial score (nSPS) is 11.2. The van der Waals surface area contributed by atoms with Crippen molar-refractivity contribution >= 4 is 17.8 Å². The van der Waals surface area contributed by atoms with Gasteiger partial charge in [-0.15, -0.1) is 0 Å². The number of benzene rings is 2. The first-order valence-corrected chi connectivity index (χ1v) is 8.85. The molecule has 148 valence electrons. The van der Waals surface area contributed by atoms with Crippen molar-refractivity contribution in [3.05, 3.63) is 65.7 Å². The van der Waals surface area contributed by atoms with Gasteiger partial charge in [-0.3, -0.25) is 4.79 Å². The summed E-state index contributed by atoms with van der Waals surface area (Å²) >= 11 is 0. The minimum Gasteiger partial charge on any atom is -0.479 e. The Labute approximate surface area is 163 Å². The lowest BCUT2D eigenvalue weighted by molar-refractivity contribution is -0.155. The highest BCUT2D eigenvalue weighted by molar-refractivity contribution is 5.89. The van der Waals surface area contributed by atoms with Crippen LogP contribution in [0.4, 0.5) is 0 Å². The number of methoxy groups -OCH3 is 1. The van der Waals surface area contributed by atoms with E-state index in [0.717, 1.165) is 5.56 Å². The molecule has 0 fully saturated rings. The lowest BCUT2D eigenvalue weighted by Crippen LogP contribution is -2.33. The largest absolute Gasteiger partial charge is 0.479 e. The monoisotopic (exact) mass is 385 g/mol. The molecule has 0 aliphatic heterocycles. The zero-order chi connectivity index (χ0) is 20.4. The average molecular weight is 385 g/mol. The van der Waals surface area contributed by atoms with Crippen molar-refractivity contribution in [2.24, 2.45) is 0 Å². The number of hydrogen-bond acceptors (Lipinski definition) is 6. The number of nitrogens with one attached hydrogen (secondary N) is 1. The van der Waals surface area contributed by atoms with Crippen LogP contribution in [0.1, 0.15) is 29.3 Å². The summed E-state index contributed by atoms with van der Waals surface area (Å²) in [6.07, 6.45) is -0.358. The summed E-state index contributed by atoms with van der Waals surface area (Å²) in [5.74, 6) is -0.888. The highest BCUT2D eigenvalue weighted by atomic mass is 16.6. The van der Waals surface area contributed by atoms with Gasteiger partial charge in [0.05, 0.1) is 12.7 Å². The molecular formula is C21H23NO6. The van der Waals surface area contributed by atoms with Crippen molar-refractivity contribution in [3.63, 3.8) is 0 Å². The van der Waals surface area contributed by atoms with E-state index in [2.05, 4.69) is 10.1 Å². The molecule has 28 heavy (non-hydrogen) atoms. The summed E-state index contributed by atoms with van der Waals surface area (Å²) in [6, 6.07) is 15.6. The molecule has 0 spiro atoms. The number of hydrogen-bond donors (Lipinski definition) is 1. The second-order valence-corrected chi connectivity index (χ2v) is 5.90. The van der Waals surface area contributed by atoms with Gasteiger partial charge < -0.3 is 19.5 Å². The Hall–Kier alpha value is -3.35. The maximum Gasteiger partial charge on any atom is 0.347 e. The van der Waals surface area contributed by atoms with Crippen molar-refractivity contribution in [1.82, 2.24) is 5.32 Å². The van der Waals surface area contributed by atoms with Gasteiger partial charge in [-0.05, 0) is 36.2 Å². The van der Waals surface area contributed by atoms with Gasteiger partial charge in [-0.2, -0.15) is 0 Å². The molecule has 0 saturated carbocycles. The van der Waals surface area contributed by atoms with E-state index in [1.165, 1.54) is 7.11 Å². The molecule has 1 N–H and O–H groups in total. The molecule has 0 unspecified atom stereocenters. The molecule has 0 saturated heterocycles. The predicted molar refractivity (Wildman–Crippen MR) is 102 cm³/mol. The summed E-state index contributed by atoms with van der Waals surface area (Å²) in [5, 5.41) is 2.65.